The Morgan fingerprint density at radius 1 is 0.909 bits per heavy atom. The number of methoxy groups -OCH3 is 1. The molecule has 0 saturated carbocycles. The molecule has 1 N–H and O–H groups in total. The lowest BCUT2D eigenvalue weighted by Crippen LogP contribution is -2.51. The van der Waals surface area contributed by atoms with Crippen LogP contribution in [0.1, 0.15) is 38.8 Å². The molecule has 3 aliphatic heterocycles. The first-order valence-corrected chi connectivity index (χ1v) is 14.2. The fourth-order valence-electron chi connectivity index (χ4n) is 7.29. The van der Waals surface area contributed by atoms with E-state index in [1.165, 1.54) is 31.4 Å². The number of amides is 1. The Balaban J connectivity index is 1.55. The minimum atomic E-state index is -1.52. The van der Waals surface area contributed by atoms with Crippen LogP contribution >= 0.6 is 0 Å². The van der Waals surface area contributed by atoms with Gasteiger partial charge in [0.15, 0.2) is 11.6 Å². The summed E-state index contributed by atoms with van der Waals surface area (Å²) in [6.07, 6.45) is 1.97. The summed E-state index contributed by atoms with van der Waals surface area (Å²) in [7, 11) is 1.51. The zero-order chi connectivity index (χ0) is 30.7. The van der Waals surface area contributed by atoms with Crippen LogP contribution < -0.4 is 15.0 Å². The summed E-state index contributed by atoms with van der Waals surface area (Å²) in [6.45, 7) is 1.96. The summed E-state index contributed by atoms with van der Waals surface area (Å²) in [6, 6.07) is 25.2. The summed E-state index contributed by atoms with van der Waals surface area (Å²) >= 11 is 0. The number of nitro groups is 1. The van der Waals surface area contributed by atoms with E-state index < -0.39 is 40.0 Å². The van der Waals surface area contributed by atoms with E-state index in [-0.39, 0.29) is 17.0 Å². The molecule has 1 fully saturated rings. The first-order valence-electron chi connectivity index (χ1n) is 14.2. The second kappa shape index (κ2) is 10.0. The van der Waals surface area contributed by atoms with Crippen LogP contribution in [0.5, 0.6) is 5.75 Å². The molecule has 9 nitrogen and oxygen atoms in total. The minimum Gasteiger partial charge on any atom is -0.497 e. The number of fused-ring (bicyclic) bond motifs is 6. The van der Waals surface area contributed by atoms with E-state index >= 15 is 0 Å². The number of nitrogens with one attached hydrogen (secondary N) is 1. The number of ketones is 2. The van der Waals surface area contributed by atoms with Crippen molar-refractivity contribution in [2.24, 2.45) is 5.92 Å². The van der Waals surface area contributed by atoms with Crippen LogP contribution in [0.15, 0.2) is 103 Å². The van der Waals surface area contributed by atoms with Gasteiger partial charge in [0, 0.05) is 40.2 Å². The number of anilines is 2. The summed E-state index contributed by atoms with van der Waals surface area (Å²) in [4.78, 5) is 57.3. The molecule has 44 heavy (non-hydrogen) atoms. The highest BCUT2D eigenvalue weighted by atomic mass is 16.6. The highest BCUT2D eigenvalue weighted by Gasteiger charge is 2.70. The molecule has 0 aliphatic carbocycles. The van der Waals surface area contributed by atoms with Crippen LogP contribution in [-0.4, -0.2) is 41.6 Å². The first-order chi connectivity index (χ1) is 21.3. The van der Waals surface area contributed by atoms with Gasteiger partial charge in [0.2, 0.25) is 5.91 Å². The first kappa shape index (κ1) is 27.3. The number of carbonyl (C=O) groups is 3. The zero-order valence-electron chi connectivity index (χ0n) is 23.9. The Labute approximate surface area is 252 Å². The molecule has 0 unspecified atom stereocenters. The van der Waals surface area contributed by atoms with Crippen LogP contribution in [0, 0.1) is 16.0 Å². The molecule has 9 heteroatoms. The molecule has 1 spiro atoms. The van der Waals surface area contributed by atoms with Crippen molar-refractivity contribution in [3.8, 4) is 5.75 Å². The topological polar surface area (TPSA) is 119 Å². The van der Waals surface area contributed by atoms with Crippen LogP contribution in [-0.2, 0) is 10.2 Å². The monoisotopic (exact) mass is 585 g/mol. The van der Waals surface area contributed by atoms with Gasteiger partial charge in [-0.3, -0.25) is 24.5 Å². The number of non-ortho nitro benzene ring substituents is 1. The molecule has 4 aromatic rings. The van der Waals surface area contributed by atoms with Gasteiger partial charge in [-0.25, -0.2) is 0 Å². The van der Waals surface area contributed by atoms with Crippen molar-refractivity contribution in [1.29, 1.82) is 0 Å². The van der Waals surface area contributed by atoms with Gasteiger partial charge >= 0.3 is 0 Å². The summed E-state index contributed by atoms with van der Waals surface area (Å²) in [5.41, 5.74) is 2.29. The number of hydrogen-bond acceptors (Lipinski definition) is 7. The van der Waals surface area contributed by atoms with Gasteiger partial charge in [-0.15, -0.1) is 0 Å². The van der Waals surface area contributed by atoms with Gasteiger partial charge in [-0.2, -0.15) is 0 Å². The van der Waals surface area contributed by atoms with Crippen molar-refractivity contribution in [2.75, 3.05) is 17.3 Å². The van der Waals surface area contributed by atoms with Gasteiger partial charge in [0.25, 0.3) is 5.69 Å². The Morgan fingerprint density at radius 2 is 1.61 bits per heavy atom. The number of ether oxygens (including phenoxy) is 1. The number of nitrogens with zero attached hydrogens (tertiary/aromatic N) is 2. The predicted octanol–water partition coefficient (Wildman–Crippen LogP) is 5.85. The Morgan fingerprint density at radius 3 is 2.39 bits per heavy atom. The Hall–Kier alpha value is -5.57. The van der Waals surface area contributed by atoms with E-state index in [0.717, 1.165) is 16.8 Å². The second-order valence-corrected chi connectivity index (χ2v) is 11.3. The third kappa shape index (κ3) is 3.75. The normalized spacial score (nSPS) is 22.9. The summed E-state index contributed by atoms with van der Waals surface area (Å²) in [5, 5.41) is 14.7. The zero-order valence-corrected chi connectivity index (χ0v) is 23.9. The Kier molecular flexibility index (Phi) is 6.21. The smallest absolute Gasteiger partial charge is 0.270 e. The molecule has 3 aliphatic rings. The fraction of sp³-hybridized carbons (Fsp3) is 0.171. The van der Waals surface area contributed by atoms with E-state index in [4.69, 9.17) is 4.74 Å². The van der Waals surface area contributed by atoms with Crippen molar-refractivity contribution in [2.45, 2.75) is 24.4 Å². The van der Waals surface area contributed by atoms with Crippen molar-refractivity contribution in [3.63, 3.8) is 0 Å². The van der Waals surface area contributed by atoms with Crippen LogP contribution in [0.3, 0.4) is 0 Å². The number of rotatable bonds is 6. The van der Waals surface area contributed by atoms with E-state index in [1.807, 2.05) is 54.3 Å². The summed E-state index contributed by atoms with van der Waals surface area (Å²) < 4.78 is 5.41. The standard InChI is InChI=1S/C35H27N3O6/c1-20-17-29-35(26-14-4-5-15-27(26)36-34(35)41)30(32(39)21-9-7-11-23(18-21)38(42)43)31(37(29)28-16-6-3-13-25(20)28)33(40)22-10-8-12-24(19-22)44-2/h3-19,29-31H,1-2H3,(H,36,41)/t29-,30+,31+,35-/m0/s1. The van der Waals surface area contributed by atoms with Crippen LogP contribution in [0.4, 0.5) is 17.1 Å². The lowest BCUT2D eigenvalue weighted by atomic mass is 9.64. The minimum absolute atomic E-state index is 0.0537. The number of para-hydroxylation sites is 2. The number of carbonyl (C=O) groups excluding carboxylic acids is 3. The predicted molar refractivity (Wildman–Crippen MR) is 165 cm³/mol. The highest BCUT2D eigenvalue weighted by Crippen LogP contribution is 2.59. The van der Waals surface area contributed by atoms with Gasteiger partial charge < -0.3 is 15.0 Å². The third-order valence-corrected chi connectivity index (χ3v) is 9.13. The quantitative estimate of drug-likeness (QED) is 0.171. The average molecular weight is 586 g/mol. The highest BCUT2D eigenvalue weighted by molar-refractivity contribution is 6.18. The number of nitro benzene ring substituents is 1. The summed E-state index contributed by atoms with van der Waals surface area (Å²) in [5.74, 6) is -2.07. The molecule has 0 aromatic heterocycles. The average Bonchev–Trinajstić information content (AvgIpc) is 3.52. The maximum Gasteiger partial charge on any atom is 0.270 e. The van der Waals surface area contributed by atoms with Crippen LogP contribution in [0.2, 0.25) is 0 Å². The molecule has 4 atom stereocenters. The van der Waals surface area contributed by atoms with E-state index in [2.05, 4.69) is 5.32 Å². The molecule has 218 valence electrons. The lowest BCUT2D eigenvalue weighted by molar-refractivity contribution is -0.384. The number of benzene rings is 4. The Bertz CT molecular complexity index is 1930. The van der Waals surface area contributed by atoms with E-state index in [0.29, 0.717) is 22.6 Å². The second-order valence-electron chi connectivity index (χ2n) is 11.3. The van der Waals surface area contributed by atoms with Gasteiger partial charge in [0.1, 0.15) is 17.2 Å². The van der Waals surface area contributed by atoms with Crippen molar-refractivity contribution >= 4 is 40.1 Å². The van der Waals surface area contributed by atoms with Gasteiger partial charge in [-0.05, 0) is 42.3 Å². The maximum atomic E-state index is 14.9. The SMILES string of the molecule is COc1cccc(C(=O)[C@H]2[C@H](C(=O)c3cccc([N+](=O)[O-])c3)[C@@]3(C(=O)Nc4ccccc43)[C@@H]3C=C(C)c4ccccc4N32)c1. The van der Waals surface area contributed by atoms with Crippen LogP contribution in [0.25, 0.3) is 5.57 Å². The number of allylic oxidation sites excluding steroid dienone is 1. The van der Waals surface area contributed by atoms with E-state index in [1.54, 1.807) is 36.4 Å². The molecule has 3 heterocycles. The molecule has 0 radical (unpaired) electrons. The molecule has 1 saturated heterocycles. The molecular formula is C35H27N3O6. The largest absolute Gasteiger partial charge is 0.497 e. The molecule has 0 bridgehead atoms. The third-order valence-electron chi connectivity index (χ3n) is 9.13. The molecule has 4 aromatic carbocycles. The molecule has 7 rings (SSSR count). The fourth-order valence-corrected chi connectivity index (χ4v) is 7.29. The number of hydrogen-bond donors (Lipinski definition) is 1. The maximum absolute atomic E-state index is 14.9. The van der Waals surface area contributed by atoms with Gasteiger partial charge in [0.05, 0.1) is 24.0 Å². The molecular weight excluding hydrogens is 558 g/mol. The number of Topliss-reactive ketones (excluding diaryl/α,β-unsaturated/α-hetero) is 2. The van der Waals surface area contributed by atoms with Crippen molar-refractivity contribution < 1.29 is 24.0 Å². The van der Waals surface area contributed by atoms with E-state index in [9.17, 15) is 24.5 Å². The van der Waals surface area contributed by atoms with Gasteiger partial charge in [-0.1, -0.05) is 66.7 Å². The lowest BCUT2D eigenvalue weighted by Gasteiger charge is -2.39. The molecule has 1 amide bonds. The van der Waals surface area contributed by atoms with Crippen molar-refractivity contribution in [1.82, 2.24) is 0 Å². The van der Waals surface area contributed by atoms with Crippen molar-refractivity contribution in [3.05, 3.63) is 136 Å².